The molecule has 0 saturated heterocycles. The zero-order valence-electron chi connectivity index (χ0n) is 10.3. The predicted octanol–water partition coefficient (Wildman–Crippen LogP) is 1.66. The minimum absolute atomic E-state index is 0.175. The Labute approximate surface area is 110 Å². The first-order chi connectivity index (χ1) is 9.24. The number of H-pyrrole nitrogens is 1. The van der Waals surface area contributed by atoms with Crippen LogP contribution in [0.2, 0.25) is 0 Å². The monoisotopic (exact) mass is 254 g/mol. The molecular weight excluding hydrogens is 240 g/mol. The van der Waals surface area contributed by atoms with E-state index in [1.165, 1.54) is 17.8 Å². The fraction of sp³-hybridized carbons (Fsp3) is 0.200. The van der Waals surface area contributed by atoms with Crippen molar-refractivity contribution in [1.29, 1.82) is 0 Å². The zero-order chi connectivity index (χ0) is 13.2. The van der Waals surface area contributed by atoms with Gasteiger partial charge >= 0.3 is 0 Å². The summed E-state index contributed by atoms with van der Waals surface area (Å²) in [5.41, 5.74) is 1.39. The molecule has 1 aliphatic carbocycles. The molecule has 1 aliphatic rings. The molecular formula is C15H14N2O2. The summed E-state index contributed by atoms with van der Waals surface area (Å²) < 4.78 is 0. The number of pyridine rings is 1. The molecule has 0 spiro atoms. The molecule has 96 valence electrons. The summed E-state index contributed by atoms with van der Waals surface area (Å²) in [6.45, 7) is 0. The molecule has 0 bridgehead atoms. The van der Waals surface area contributed by atoms with Crippen LogP contribution in [-0.2, 0) is 0 Å². The summed E-state index contributed by atoms with van der Waals surface area (Å²) in [6, 6.07) is 13.2. The average molecular weight is 254 g/mol. The van der Waals surface area contributed by atoms with Gasteiger partial charge in [-0.15, -0.1) is 0 Å². The van der Waals surface area contributed by atoms with Crippen molar-refractivity contribution < 1.29 is 4.79 Å². The second kappa shape index (κ2) is 4.72. The van der Waals surface area contributed by atoms with Crippen LogP contribution in [0.3, 0.4) is 0 Å². The highest BCUT2D eigenvalue weighted by molar-refractivity contribution is 5.94. The van der Waals surface area contributed by atoms with Crippen LogP contribution in [0.5, 0.6) is 0 Å². The lowest BCUT2D eigenvalue weighted by atomic mass is 10.1. The highest BCUT2D eigenvalue weighted by Gasteiger charge is 2.39. The van der Waals surface area contributed by atoms with Gasteiger partial charge in [-0.25, -0.2) is 0 Å². The van der Waals surface area contributed by atoms with Crippen molar-refractivity contribution in [2.24, 2.45) is 0 Å². The quantitative estimate of drug-likeness (QED) is 0.875. The van der Waals surface area contributed by atoms with Gasteiger partial charge in [0.1, 0.15) is 0 Å². The van der Waals surface area contributed by atoms with Crippen molar-refractivity contribution in [3.63, 3.8) is 0 Å². The number of carbonyl (C=O) groups is 1. The first-order valence-electron chi connectivity index (χ1n) is 6.28. The van der Waals surface area contributed by atoms with Crippen molar-refractivity contribution in [2.75, 3.05) is 0 Å². The molecule has 1 saturated carbocycles. The second-order valence-corrected chi connectivity index (χ2v) is 4.77. The molecule has 1 amide bonds. The Kier molecular flexibility index (Phi) is 2.91. The van der Waals surface area contributed by atoms with E-state index in [0.717, 1.165) is 6.42 Å². The van der Waals surface area contributed by atoms with Crippen LogP contribution >= 0.6 is 0 Å². The standard InChI is InChI=1S/C15H14N2O2/c18-14-8-11(6-7-16-14)15(19)17-13-9-12(13)10-4-2-1-3-5-10/h1-8,12-13H,9H2,(H,16,18)(H,17,19). The first kappa shape index (κ1) is 11.7. The summed E-state index contributed by atoms with van der Waals surface area (Å²) in [4.78, 5) is 25.6. The molecule has 4 nitrogen and oxygen atoms in total. The summed E-state index contributed by atoms with van der Waals surface area (Å²) in [7, 11) is 0. The van der Waals surface area contributed by atoms with Gasteiger partial charge in [0.2, 0.25) is 5.56 Å². The first-order valence-corrected chi connectivity index (χ1v) is 6.28. The van der Waals surface area contributed by atoms with Crippen molar-refractivity contribution in [3.8, 4) is 0 Å². The molecule has 1 heterocycles. The van der Waals surface area contributed by atoms with Crippen LogP contribution < -0.4 is 10.9 Å². The number of aromatic nitrogens is 1. The fourth-order valence-corrected chi connectivity index (χ4v) is 2.26. The van der Waals surface area contributed by atoms with Gasteiger partial charge in [-0.1, -0.05) is 30.3 Å². The third kappa shape index (κ3) is 2.57. The number of hydrogen-bond acceptors (Lipinski definition) is 2. The van der Waals surface area contributed by atoms with E-state index < -0.39 is 0 Å². The Morgan fingerprint density at radius 1 is 1.21 bits per heavy atom. The van der Waals surface area contributed by atoms with Gasteiger partial charge in [0.15, 0.2) is 0 Å². The van der Waals surface area contributed by atoms with Gasteiger partial charge in [0, 0.05) is 29.8 Å². The maximum atomic E-state index is 12.0. The fourth-order valence-electron chi connectivity index (χ4n) is 2.26. The van der Waals surface area contributed by atoms with Crippen molar-refractivity contribution in [1.82, 2.24) is 10.3 Å². The van der Waals surface area contributed by atoms with Gasteiger partial charge < -0.3 is 10.3 Å². The lowest BCUT2D eigenvalue weighted by Crippen LogP contribution is -2.27. The van der Waals surface area contributed by atoms with E-state index in [9.17, 15) is 9.59 Å². The topological polar surface area (TPSA) is 62.0 Å². The molecule has 3 rings (SSSR count). The molecule has 1 aromatic carbocycles. The highest BCUT2D eigenvalue weighted by atomic mass is 16.2. The maximum absolute atomic E-state index is 12.0. The average Bonchev–Trinajstić information content (AvgIpc) is 3.19. The minimum Gasteiger partial charge on any atom is -0.349 e. The third-order valence-electron chi connectivity index (χ3n) is 3.37. The van der Waals surface area contributed by atoms with Crippen molar-refractivity contribution in [3.05, 3.63) is 70.1 Å². The number of aromatic amines is 1. The number of amides is 1. The number of nitrogens with one attached hydrogen (secondary N) is 2. The van der Waals surface area contributed by atoms with Gasteiger partial charge in [0.05, 0.1) is 0 Å². The van der Waals surface area contributed by atoms with Gasteiger partial charge in [0.25, 0.3) is 5.91 Å². The van der Waals surface area contributed by atoms with E-state index in [2.05, 4.69) is 22.4 Å². The second-order valence-electron chi connectivity index (χ2n) is 4.77. The van der Waals surface area contributed by atoms with Crippen molar-refractivity contribution in [2.45, 2.75) is 18.4 Å². The minimum atomic E-state index is -0.261. The van der Waals surface area contributed by atoms with Crippen molar-refractivity contribution >= 4 is 5.91 Å². The normalized spacial score (nSPS) is 20.8. The molecule has 1 fully saturated rings. The van der Waals surface area contributed by atoms with Crippen LogP contribution in [0.15, 0.2) is 53.5 Å². The van der Waals surface area contributed by atoms with E-state index in [1.807, 2.05) is 18.2 Å². The molecule has 2 unspecified atom stereocenters. The molecule has 0 radical (unpaired) electrons. The van der Waals surface area contributed by atoms with Gasteiger partial charge in [-0.05, 0) is 18.1 Å². The maximum Gasteiger partial charge on any atom is 0.251 e. The smallest absolute Gasteiger partial charge is 0.251 e. The lowest BCUT2D eigenvalue weighted by molar-refractivity contribution is 0.0950. The molecule has 2 N–H and O–H groups in total. The number of rotatable bonds is 3. The van der Waals surface area contributed by atoms with Crippen LogP contribution in [0.1, 0.15) is 28.3 Å². The molecule has 1 aromatic heterocycles. The Bertz CT molecular complexity index is 648. The Morgan fingerprint density at radius 3 is 2.74 bits per heavy atom. The summed E-state index contributed by atoms with van der Waals surface area (Å²) in [5, 5.41) is 2.95. The van der Waals surface area contributed by atoms with E-state index >= 15 is 0 Å². The van der Waals surface area contributed by atoms with Crippen LogP contribution in [0.25, 0.3) is 0 Å². The Balaban J connectivity index is 1.65. The molecule has 0 aliphatic heterocycles. The molecule has 2 atom stereocenters. The molecule has 2 aromatic rings. The SMILES string of the molecule is O=C(NC1CC1c1ccccc1)c1cc[nH]c(=O)c1. The summed E-state index contributed by atoms with van der Waals surface area (Å²) >= 11 is 0. The number of hydrogen-bond donors (Lipinski definition) is 2. The van der Waals surface area contributed by atoms with E-state index in [-0.39, 0.29) is 17.5 Å². The van der Waals surface area contributed by atoms with Crippen LogP contribution in [-0.4, -0.2) is 16.9 Å². The van der Waals surface area contributed by atoms with E-state index in [4.69, 9.17) is 0 Å². The Hall–Kier alpha value is -2.36. The summed E-state index contributed by atoms with van der Waals surface area (Å²) in [6.07, 6.45) is 2.44. The largest absolute Gasteiger partial charge is 0.349 e. The Morgan fingerprint density at radius 2 is 2.00 bits per heavy atom. The predicted molar refractivity (Wildman–Crippen MR) is 72.1 cm³/mol. The van der Waals surface area contributed by atoms with Crippen LogP contribution in [0.4, 0.5) is 0 Å². The third-order valence-corrected chi connectivity index (χ3v) is 3.37. The molecule has 4 heteroatoms. The van der Waals surface area contributed by atoms with E-state index in [0.29, 0.717) is 11.5 Å². The van der Waals surface area contributed by atoms with Crippen LogP contribution in [0, 0.1) is 0 Å². The summed E-state index contributed by atoms with van der Waals surface area (Å²) in [5.74, 6) is 0.210. The number of carbonyl (C=O) groups excluding carboxylic acids is 1. The molecule has 19 heavy (non-hydrogen) atoms. The van der Waals surface area contributed by atoms with Gasteiger partial charge in [-0.2, -0.15) is 0 Å². The van der Waals surface area contributed by atoms with Gasteiger partial charge in [-0.3, -0.25) is 9.59 Å². The van der Waals surface area contributed by atoms with E-state index in [1.54, 1.807) is 6.07 Å². The lowest BCUT2D eigenvalue weighted by Gasteiger charge is -2.04. The number of benzene rings is 1. The zero-order valence-corrected chi connectivity index (χ0v) is 10.3. The highest BCUT2D eigenvalue weighted by Crippen LogP contribution is 2.40.